The molecule has 0 N–H and O–H groups in total. The van der Waals surface area contributed by atoms with E-state index in [2.05, 4.69) is 52.8 Å². The quantitative estimate of drug-likeness (QED) is 0.531. The van der Waals surface area contributed by atoms with Crippen molar-refractivity contribution in [3.05, 3.63) is 46.1 Å². The third-order valence-corrected chi connectivity index (χ3v) is 5.01. The van der Waals surface area contributed by atoms with Crippen LogP contribution < -0.4 is 0 Å². The Labute approximate surface area is 119 Å². The summed E-state index contributed by atoms with van der Waals surface area (Å²) in [5.41, 5.74) is 8.36. The Balaban J connectivity index is 2.73. The van der Waals surface area contributed by atoms with Crippen molar-refractivity contribution in [2.75, 3.05) is 0 Å². The third-order valence-electron chi connectivity index (χ3n) is 5.01. The maximum Gasteiger partial charge on any atom is 0.0520 e. The average molecular weight is 256 g/mol. The predicted octanol–water partition coefficient (Wildman–Crippen LogP) is 6.13. The van der Waals surface area contributed by atoms with Crippen LogP contribution in [-0.2, 0) is 0 Å². The molecule has 0 aromatic carbocycles. The van der Waals surface area contributed by atoms with Crippen LogP contribution in [0.2, 0.25) is 0 Å². The van der Waals surface area contributed by atoms with Gasteiger partial charge in [-0.3, -0.25) is 0 Å². The molecule has 0 saturated heterocycles. The summed E-state index contributed by atoms with van der Waals surface area (Å²) in [7, 11) is 0. The van der Waals surface area contributed by atoms with E-state index in [1.165, 1.54) is 25.7 Å². The van der Waals surface area contributed by atoms with Crippen LogP contribution in [0.15, 0.2) is 46.1 Å². The van der Waals surface area contributed by atoms with Crippen LogP contribution in [0.4, 0.5) is 0 Å². The molecule has 0 heterocycles. The van der Waals surface area contributed by atoms with E-state index in [1.54, 1.807) is 27.9 Å². The SMILES string of the molecule is CCC1=C(CC)C2(C=CCC=C2C)C(CC)=C1CC. The van der Waals surface area contributed by atoms with Gasteiger partial charge in [-0.2, -0.15) is 0 Å². The zero-order valence-corrected chi connectivity index (χ0v) is 13.3. The van der Waals surface area contributed by atoms with Gasteiger partial charge in [-0.1, -0.05) is 51.5 Å². The van der Waals surface area contributed by atoms with Gasteiger partial charge in [0.05, 0.1) is 5.41 Å². The average Bonchev–Trinajstić information content (AvgIpc) is 2.70. The Kier molecular flexibility index (Phi) is 4.18. The van der Waals surface area contributed by atoms with E-state index in [0.717, 1.165) is 6.42 Å². The van der Waals surface area contributed by atoms with Crippen LogP contribution in [0.3, 0.4) is 0 Å². The van der Waals surface area contributed by atoms with E-state index < -0.39 is 0 Å². The first kappa shape index (κ1) is 14.4. The van der Waals surface area contributed by atoms with E-state index in [1.807, 2.05) is 0 Å². The van der Waals surface area contributed by atoms with Gasteiger partial charge in [0.15, 0.2) is 0 Å². The Hall–Kier alpha value is -1.04. The minimum Gasteiger partial charge on any atom is -0.0832 e. The minimum absolute atomic E-state index is 0.151. The van der Waals surface area contributed by atoms with Crippen LogP contribution in [0.25, 0.3) is 0 Å². The second-order valence-electron chi connectivity index (χ2n) is 5.66. The van der Waals surface area contributed by atoms with Gasteiger partial charge in [0.2, 0.25) is 0 Å². The van der Waals surface area contributed by atoms with Gasteiger partial charge < -0.3 is 0 Å². The Morgan fingerprint density at radius 1 is 0.895 bits per heavy atom. The Morgan fingerprint density at radius 3 is 1.79 bits per heavy atom. The molecule has 1 spiro atoms. The molecule has 0 saturated carbocycles. The zero-order chi connectivity index (χ0) is 14.0. The topological polar surface area (TPSA) is 0 Å². The third kappa shape index (κ3) is 1.88. The summed E-state index contributed by atoms with van der Waals surface area (Å²) < 4.78 is 0. The summed E-state index contributed by atoms with van der Waals surface area (Å²) in [6, 6.07) is 0. The Bertz CT molecular complexity index is 452. The fourth-order valence-corrected chi connectivity index (χ4v) is 4.32. The largest absolute Gasteiger partial charge is 0.0832 e. The monoisotopic (exact) mass is 256 g/mol. The lowest BCUT2D eigenvalue weighted by Gasteiger charge is -2.36. The molecule has 0 nitrogen and oxygen atoms in total. The molecular weight excluding hydrogens is 228 g/mol. The van der Waals surface area contributed by atoms with Gasteiger partial charge in [0.25, 0.3) is 0 Å². The highest BCUT2D eigenvalue weighted by molar-refractivity contribution is 5.62. The second-order valence-corrected chi connectivity index (χ2v) is 5.66. The molecule has 0 aliphatic heterocycles. The molecule has 0 heteroatoms. The molecule has 0 aromatic rings. The molecule has 0 radical (unpaired) electrons. The van der Waals surface area contributed by atoms with Gasteiger partial charge >= 0.3 is 0 Å². The highest BCUT2D eigenvalue weighted by Crippen LogP contribution is 2.57. The number of allylic oxidation sites excluding steroid dienone is 8. The molecule has 0 unspecified atom stereocenters. The molecule has 2 rings (SSSR count). The molecular formula is C19H28. The van der Waals surface area contributed by atoms with Crippen molar-refractivity contribution in [2.24, 2.45) is 5.41 Å². The van der Waals surface area contributed by atoms with Gasteiger partial charge in [0.1, 0.15) is 0 Å². The van der Waals surface area contributed by atoms with Gasteiger partial charge in [-0.15, -0.1) is 0 Å². The lowest BCUT2D eigenvalue weighted by atomic mass is 9.67. The van der Waals surface area contributed by atoms with E-state index in [-0.39, 0.29) is 5.41 Å². The van der Waals surface area contributed by atoms with Crippen LogP contribution >= 0.6 is 0 Å². The van der Waals surface area contributed by atoms with Gasteiger partial charge in [-0.05, 0) is 61.3 Å². The van der Waals surface area contributed by atoms with Gasteiger partial charge in [-0.25, -0.2) is 0 Å². The van der Waals surface area contributed by atoms with Crippen LogP contribution in [0.5, 0.6) is 0 Å². The summed E-state index contributed by atoms with van der Waals surface area (Å²) in [5, 5.41) is 0. The maximum atomic E-state index is 2.50. The second kappa shape index (κ2) is 5.53. The summed E-state index contributed by atoms with van der Waals surface area (Å²) in [4.78, 5) is 0. The van der Waals surface area contributed by atoms with Gasteiger partial charge in [0, 0.05) is 0 Å². The van der Waals surface area contributed by atoms with E-state index in [4.69, 9.17) is 0 Å². The molecule has 0 fully saturated rings. The molecule has 2 aliphatic carbocycles. The van der Waals surface area contributed by atoms with Crippen molar-refractivity contribution in [1.82, 2.24) is 0 Å². The predicted molar refractivity (Wildman–Crippen MR) is 85.2 cm³/mol. The van der Waals surface area contributed by atoms with Crippen molar-refractivity contribution < 1.29 is 0 Å². The standard InChI is InChI=1S/C19H28/c1-6-15-16(7-2)18(9-4)19(17(15)8-3)13-11-10-12-14(19)5/h11-13H,6-10H2,1-5H3. The molecule has 104 valence electrons. The van der Waals surface area contributed by atoms with Crippen LogP contribution in [-0.4, -0.2) is 0 Å². The summed E-state index contributed by atoms with van der Waals surface area (Å²) in [6.45, 7) is 11.6. The minimum atomic E-state index is 0.151. The van der Waals surface area contributed by atoms with E-state index >= 15 is 0 Å². The lowest BCUT2D eigenvalue weighted by Crippen LogP contribution is -2.24. The van der Waals surface area contributed by atoms with Crippen molar-refractivity contribution >= 4 is 0 Å². The Morgan fingerprint density at radius 2 is 1.42 bits per heavy atom. The molecule has 19 heavy (non-hydrogen) atoms. The zero-order valence-electron chi connectivity index (χ0n) is 13.3. The van der Waals surface area contributed by atoms with Crippen molar-refractivity contribution in [3.8, 4) is 0 Å². The maximum absolute atomic E-state index is 2.50. The fourth-order valence-electron chi connectivity index (χ4n) is 4.32. The molecule has 0 aromatic heterocycles. The first-order valence-electron chi connectivity index (χ1n) is 7.97. The smallest absolute Gasteiger partial charge is 0.0520 e. The van der Waals surface area contributed by atoms with E-state index in [9.17, 15) is 0 Å². The van der Waals surface area contributed by atoms with E-state index in [0.29, 0.717) is 0 Å². The highest BCUT2D eigenvalue weighted by Gasteiger charge is 2.43. The normalized spacial score (nSPS) is 21.6. The summed E-state index contributed by atoms with van der Waals surface area (Å²) >= 11 is 0. The van der Waals surface area contributed by atoms with Crippen molar-refractivity contribution in [1.29, 1.82) is 0 Å². The molecule has 2 aliphatic rings. The first-order valence-corrected chi connectivity index (χ1v) is 7.97. The van der Waals surface area contributed by atoms with Crippen LogP contribution in [0, 0.1) is 5.41 Å². The molecule has 0 amide bonds. The van der Waals surface area contributed by atoms with Crippen LogP contribution in [0.1, 0.15) is 66.7 Å². The van der Waals surface area contributed by atoms with Crippen molar-refractivity contribution in [3.63, 3.8) is 0 Å². The highest BCUT2D eigenvalue weighted by atomic mass is 14.5. The number of rotatable bonds is 4. The number of hydrogen-bond acceptors (Lipinski definition) is 0. The summed E-state index contributed by atoms with van der Waals surface area (Å²) in [6.07, 6.45) is 13.1. The fraction of sp³-hybridized carbons (Fsp3) is 0.579. The first-order chi connectivity index (χ1) is 9.17. The molecule has 0 atom stereocenters. The summed E-state index contributed by atoms with van der Waals surface area (Å²) in [5.74, 6) is 0. The number of hydrogen-bond donors (Lipinski definition) is 0. The lowest BCUT2D eigenvalue weighted by molar-refractivity contribution is 0.601. The van der Waals surface area contributed by atoms with Crippen molar-refractivity contribution in [2.45, 2.75) is 66.7 Å². The molecule has 0 bridgehead atoms.